The molecule has 0 aliphatic carbocycles. The zero-order chi connectivity index (χ0) is 20.2. The second-order valence-corrected chi connectivity index (χ2v) is 8.03. The van der Waals surface area contributed by atoms with Gasteiger partial charge < -0.3 is 15.5 Å². The Morgan fingerprint density at radius 1 is 1.14 bits per heavy atom. The summed E-state index contributed by atoms with van der Waals surface area (Å²) in [4.78, 5) is 15.4. The highest BCUT2D eigenvalue weighted by Crippen LogP contribution is 2.38. The highest BCUT2D eigenvalue weighted by molar-refractivity contribution is 5.78. The van der Waals surface area contributed by atoms with Gasteiger partial charge in [0.2, 0.25) is 5.91 Å². The van der Waals surface area contributed by atoms with Crippen molar-refractivity contribution in [2.75, 3.05) is 6.61 Å². The summed E-state index contributed by atoms with van der Waals surface area (Å²) < 4.78 is 5.92. The van der Waals surface area contributed by atoms with Gasteiger partial charge in [0.05, 0.1) is 6.61 Å². The quantitative estimate of drug-likeness (QED) is 0.593. The van der Waals surface area contributed by atoms with Gasteiger partial charge in [-0.2, -0.15) is 0 Å². The molecule has 1 amide bonds. The largest absolute Gasteiger partial charge is 0.493 e. The minimum atomic E-state index is -0.260. The van der Waals surface area contributed by atoms with E-state index in [-0.39, 0.29) is 17.7 Å². The van der Waals surface area contributed by atoms with Crippen molar-refractivity contribution >= 4 is 5.91 Å². The van der Waals surface area contributed by atoms with E-state index in [9.17, 15) is 4.79 Å². The van der Waals surface area contributed by atoms with Crippen LogP contribution < -0.4 is 10.5 Å². The molecule has 0 bridgehead atoms. The van der Waals surface area contributed by atoms with E-state index in [4.69, 9.17) is 10.5 Å². The highest BCUT2D eigenvalue weighted by Gasteiger charge is 2.28. The SMILES string of the molecule is CC(c1ccc[nH]1)C(Cc1ccc2c(c1)C(CCc1ccccc1)CO2)C(N)=O. The molecule has 1 aliphatic heterocycles. The van der Waals surface area contributed by atoms with Crippen molar-refractivity contribution in [2.24, 2.45) is 11.7 Å². The number of amides is 1. The predicted molar refractivity (Wildman–Crippen MR) is 115 cm³/mol. The second kappa shape index (κ2) is 8.56. The maximum absolute atomic E-state index is 12.2. The first-order valence-corrected chi connectivity index (χ1v) is 10.3. The summed E-state index contributed by atoms with van der Waals surface area (Å²) in [6, 6.07) is 20.9. The molecule has 4 heteroatoms. The summed E-state index contributed by atoms with van der Waals surface area (Å²) >= 11 is 0. The first-order valence-electron chi connectivity index (χ1n) is 10.3. The van der Waals surface area contributed by atoms with Gasteiger partial charge in [-0.25, -0.2) is 0 Å². The van der Waals surface area contributed by atoms with Crippen molar-refractivity contribution in [1.29, 1.82) is 0 Å². The number of hydrogen-bond donors (Lipinski definition) is 2. The van der Waals surface area contributed by atoms with Crippen molar-refractivity contribution in [3.8, 4) is 5.75 Å². The fraction of sp³-hybridized carbons (Fsp3) is 0.320. The molecule has 2 aromatic carbocycles. The lowest BCUT2D eigenvalue weighted by Crippen LogP contribution is -2.29. The van der Waals surface area contributed by atoms with Crippen LogP contribution in [0.25, 0.3) is 0 Å². The van der Waals surface area contributed by atoms with Crippen LogP contribution in [0.5, 0.6) is 5.75 Å². The molecule has 3 unspecified atom stereocenters. The number of hydrogen-bond acceptors (Lipinski definition) is 2. The Labute approximate surface area is 172 Å². The topological polar surface area (TPSA) is 68.1 Å². The van der Waals surface area contributed by atoms with Gasteiger partial charge in [0.1, 0.15) is 5.75 Å². The Balaban J connectivity index is 1.49. The second-order valence-electron chi connectivity index (χ2n) is 8.03. The summed E-state index contributed by atoms with van der Waals surface area (Å²) in [5.41, 5.74) is 10.6. The molecule has 2 heterocycles. The number of fused-ring (bicyclic) bond motifs is 1. The predicted octanol–water partition coefficient (Wildman–Crippen LogP) is 4.57. The van der Waals surface area contributed by atoms with Crippen LogP contribution in [0.15, 0.2) is 66.9 Å². The number of rotatable bonds is 8. The third-order valence-electron chi connectivity index (χ3n) is 6.12. The first kappa shape index (κ1) is 19.3. The number of aryl methyl sites for hydroxylation is 1. The van der Waals surface area contributed by atoms with Gasteiger partial charge in [-0.05, 0) is 48.6 Å². The number of nitrogens with two attached hydrogens (primary N) is 1. The number of primary amides is 1. The number of ether oxygens (including phenoxy) is 1. The van der Waals surface area contributed by atoms with Crippen LogP contribution in [0.4, 0.5) is 0 Å². The first-order chi connectivity index (χ1) is 14.1. The average molecular weight is 389 g/mol. The van der Waals surface area contributed by atoms with E-state index >= 15 is 0 Å². The summed E-state index contributed by atoms with van der Waals surface area (Å²) in [7, 11) is 0. The minimum absolute atomic E-state index is 0.0425. The molecule has 0 saturated carbocycles. The van der Waals surface area contributed by atoms with E-state index in [1.165, 1.54) is 11.1 Å². The maximum atomic E-state index is 12.2. The van der Waals surface area contributed by atoms with Gasteiger partial charge in [-0.1, -0.05) is 49.4 Å². The van der Waals surface area contributed by atoms with Gasteiger partial charge in [-0.3, -0.25) is 4.79 Å². The van der Waals surface area contributed by atoms with Gasteiger partial charge in [0.25, 0.3) is 0 Å². The molecule has 3 atom stereocenters. The van der Waals surface area contributed by atoms with Crippen LogP contribution in [0.2, 0.25) is 0 Å². The van der Waals surface area contributed by atoms with Crippen LogP contribution in [0, 0.1) is 5.92 Å². The van der Waals surface area contributed by atoms with Crippen LogP contribution >= 0.6 is 0 Å². The summed E-state index contributed by atoms with van der Waals surface area (Å²) in [5.74, 6) is 0.889. The molecule has 3 aromatic rings. The van der Waals surface area contributed by atoms with Crippen molar-refractivity contribution in [3.05, 3.63) is 89.2 Å². The molecular formula is C25H28N2O2. The Kier molecular flexibility index (Phi) is 5.70. The summed E-state index contributed by atoms with van der Waals surface area (Å²) in [6.45, 7) is 2.78. The van der Waals surface area contributed by atoms with Crippen molar-refractivity contribution < 1.29 is 9.53 Å². The van der Waals surface area contributed by atoms with Crippen LogP contribution in [-0.4, -0.2) is 17.5 Å². The lowest BCUT2D eigenvalue weighted by atomic mass is 9.84. The van der Waals surface area contributed by atoms with Crippen LogP contribution in [0.3, 0.4) is 0 Å². The van der Waals surface area contributed by atoms with Crippen molar-refractivity contribution in [3.63, 3.8) is 0 Å². The molecule has 29 heavy (non-hydrogen) atoms. The number of aromatic nitrogens is 1. The number of carbonyl (C=O) groups excluding carboxylic acids is 1. The number of carbonyl (C=O) groups is 1. The summed E-state index contributed by atoms with van der Waals surface area (Å²) in [6.07, 6.45) is 4.60. The van der Waals surface area contributed by atoms with Gasteiger partial charge in [-0.15, -0.1) is 0 Å². The fourth-order valence-corrected chi connectivity index (χ4v) is 4.30. The van der Waals surface area contributed by atoms with Gasteiger partial charge in [0.15, 0.2) is 0 Å². The smallest absolute Gasteiger partial charge is 0.221 e. The third-order valence-corrected chi connectivity index (χ3v) is 6.12. The zero-order valence-corrected chi connectivity index (χ0v) is 16.8. The molecule has 4 rings (SSSR count). The molecule has 3 N–H and O–H groups in total. The molecule has 150 valence electrons. The normalized spacial score (nSPS) is 17.3. The molecule has 0 fully saturated rings. The van der Waals surface area contributed by atoms with E-state index in [0.29, 0.717) is 12.3 Å². The Bertz CT molecular complexity index is 950. The zero-order valence-electron chi connectivity index (χ0n) is 16.8. The van der Waals surface area contributed by atoms with E-state index in [1.807, 2.05) is 30.5 Å². The number of aromatic amines is 1. The van der Waals surface area contributed by atoms with E-state index in [0.717, 1.165) is 36.5 Å². The van der Waals surface area contributed by atoms with Gasteiger partial charge >= 0.3 is 0 Å². The number of H-pyrrole nitrogens is 1. The molecular weight excluding hydrogens is 360 g/mol. The van der Waals surface area contributed by atoms with Crippen molar-refractivity contribution in [2.45, 2.75) is 38.0 Å². The van der Waals surface area contributed by atoms with E-state index in [2.05, 4.69) is 48.3 Å². The molecule has 0 saturated heterocycles. The molecule has 1 aliphatic rings. The standard InChI is InChI=1S/C25H28N2O2/c1-17(23-8-5-13-27-23)21(25(26)28)14-19-10-12-24-22(15-19)20(16-29-24)11-9-18-6-3-2-4-7-18/h2-8,10,12-13,15,17,20-21,27H,9,11,14,16H2,1H3,(H2,26,28). The fourth-order valence-electron chi connectivity index (χ4n) is 4.30. The van der Waals surface area contributed by atoms with Crippen LogP contribution in [-0.2, 0) is 17.6 Å². The van der Waals surface area contributed by atoms with E-state index in [1.54, 1.807) is 0 Å². The Hall–Kier alpha value is -3.01. The minimum Gasteiger partial charge on any atom is -0.493 e. The monoisotopic (exact) mass is 388 g/mol. The maximum Gasteiger partial charge on any atom is 0.221 e. The highest BCUT2D eigenvalue weighted by atomic mass is 16.5. The van der Waals surface area contributed by atoms with Crippen molar-refractivity contribution in [1.82, 2.24) is 4.98 Å². The summed E-state index contributed by atoms with van der Waals surface area (Å²) in [5, 5.41) is 0. The molecule has 1 aromatic heterocycles. The average Bonchev–Trinajstić information content (AvgIpc) is 3.40. The molecule has 0 radical (unpaired) electrons. The number of nitrogens with one attached hydrogen (secondary N) is 1. The molecule has 4 nitrogen and oxygen atoms in total. The molecule has 0 spiro atoms. The van der Waals surface area contributed by atoms with Crippen LogP contribution in [0.1, 0.15) is 47.6 Å². The Morgan fingerprint density at radius 2 is 1.97 bits per heavy atom. The third kappa shape index (κ3) is 4.37. The van der Waals surface area contributed by atoms with E-state index < -0.39 is 0 Å². The Morgan fingerprint density at radius 3 is 2.69 bits per heavy atom. The van der Waals surface area contributed by atoms with Gasteiger partial charge in [0, 0.05) is 35.2 Å². The lowest BCUT2D eigenvalue weighted by molar-refractivity contribution is -0.122. The lowest BCUT2D eigenvalue weighted by Gasteiger charge is -2.21. The number of benzene rings is 2.